The van der Waals surface area contributed by atoms with Crippen LogP contribution in [0, 0.1) is 13.8 Å². The number of fused-ring (bicyclic) bond motifs is 1. The predicted octanol–water partition coefficient (Wildman–Crippen LogP) is 2.18. The van der Waals surface area contributed by atoms with Crippen LogP contribution in [0.25, 0.3) is 15.5 Å². The first-order valence-corrected chi connectivity index (χ1v) is 5.95. The number of aryl methyl sites for hydroxylation is 2. The highest BCUT2D eigenvalue weighted by Gasteiger charge is 2.13. The minimum Gasteiger partial charge on any atom is -0.507 e. The maximum Gasteiger partial charge on any atom is 0.234 e. The zero-order valence-electron chi connectivity index (χ0n) is 9.38. The number of aromatic hydroxyl groups is 1. The molecule has 6 heteroatoms. The topological polar surface area (TPSA) is 63.3 Å². The minimum absolute atomic E-state index is 0.234. The monoisotopic (exact) mass is 246 g/mol. The van der Waals surface area contributed by atoms with Crippen LogP contribution in [0.2, 0.25) is 0 Å². The molecule has 0 bridgehead atoms. The number of hydrogen-bond acceptors (Lipinski definition) is 5. The largest absolute Gasteiger partial charge is 0.507 e. The molecule has 0 saturated heterocycles. The normalized spacial score (nSPS) is 11.2. The van der Waals surface area contributed by atoms with E-state index in [2.05, 4.69) is 15.3 Å². The number of aromatic nitrogens is 4. The van der Waals surface area contributed by atoms with Gasteiger partial charge in [-0.2, -0.15) is 9.61 Å². The number of benzene rings is 1. The Kier molecular flexibility index (Phi) is 2.12. The highest BCUT2D eigenvalue weighted by atomic mass is 32.1. The SMILES string of the molecule is Cc1ccc(O)c(-c2nn3c(C)nnc3s2)c1. The van der Waals surface area contributed by atoms with E-state index < -0.39 is 0 Å². The predicted molar refractivity (Wildman–Crippen MR) is 65.2 cm³/mol. The Hall–Kier alpha value is -1.95. The summed E-state index contributed by atoms with van der Waals surface area (Å²) in [6.07, 6.45) is 0. The molecular formula is C11H10N4OS. The summed E-state index contributed by atoms with van der Waals surface area (Å²) >= 11 is 1.41. The van der Waals surface area contributed by atoms with Crippen molar-refractivity contribution in [3.63, 3.8) is 0 Å². The Morgan fingerprint density at radius 3 is 2.82 bits per heavy atom. The first kappa shape index (κ1) is 10.2. The summed E-state index contributed by atoms with van der Waals surface area (Å²) in [5.41, 5.74) is 1.82. The number of phenolic OH excluding ortho intramolecular Hbond substituents is 1. The van der Waals surface area contributed by atoms with E-state index in [9.17, 15) is 5.11 Å². The summed E-state index contributed by atoms with van der Waals surface area (Å²) in [4.78, 5) is 0.735. The number of nitrogens with zero attached hydrogens (tertiary/aromatic N) is 4. The highest BCUT2D eigenvalue weighted by Crippen LogP contribution is 2.32. The van der Waals surface area contributed by atoms with Gasteiger partial charge in [0.2, 0.25) is 4.96 Å². The molecule has 0 radical (unpaired) electrons. The van der Waals surface area contributed by atoms with Gasteiger partial charge in [-0.1, -0.05) is 23.0 Å². The fourth-order valence-corrected chi connectivity index (χ4v) is 2.55. The lowest BCUT2D eigenvalue weighted by atomic mass is 10.1. The van der Waals surface area contributed by atoms with Gasteiger partial charge >= 0.3 is 0 Å². The van der Waals surface area contributed by atoms with Crippen LogP contribution in [0.1, 0.15) is 11.4 Å². The van der Waals surface area contributed by atoms with E-state index in [1.54, 1.807) is 10.6 Å². The lowest BCUT2D eigenvalue weighted by Crippen LogP contribution is -1.89. The first-order valence-electron chi connectivity index (χ1n) is 5.14. The van der Waals surface area contributed by atoms with Crippen molar-refractivity contribution in [2.75, 3.05) is 0 Å². The Morgan fingerprint density at radius 1 is 1.24 bits per heavy atom. The molecule has 1 aromatic carbocycles. The average molecular weight is 246 g/mol. The van der Waals surface area contributed by atoms with Gasteiger partial charge in [-0.15, -0.1) is 10.2 Å². The van der Waals surface area contributed by atoms with E-state index in [0.29, 0.717) is 0 Å². The van der Waals surface area contributed by atoms with Crippen LogP contribution in [0.4, 0.5) is 0 Å². The van der Waals surface area contributed by atoms with Crippen LogP contribution in [-0.4, -0.2) is 24.9 Å². The van der Waals surface area contributed by atoms with Crippen molar-refractivity contribution in [2.45, 2.75) is 13.8 Å². The van der Waals surface area contributed by atoms with E-state index in [1.165, 1.54) is 11.3 Å². The van der Waals surface area contributed by atoms with E-state index in [0.717, 1.165) is 26.9 Å². The molecule has 2 heterocycles. The van der Waals surface area contributed by atoms with Crippen LogP contribution in [0.3, 0.4) is 0 Å². The molecule has 5 nitrogen and oxygen atoms in total. The molecule has 0 fully saturated rings. The molecular weight excluding hydrogens is 236 g/mol. The molecule has 2 aromatic heterocycles. The van der Waals surface area contributed by atoms with Gasteiger partial charge in [-0.05, 0) is 26.0 Å². The second kappa shape index (κ2) is 3.53. The highest BCUT2D eigenvalue weighted by molar-refractivity contribution is 7.19. The molecule has 0 spiro atoms. The van der Waals surface area contributed by atoms with Crippen molar-refractivity contribution < 1.29 is 5.11 Å². The van der Waals surface area contributed by atoms with E-state index in [1.807, 2.05) is 26.0 Å². The maximum atomic E-state index is 9.84. The van der Waals surface area contributed by atoms with Gasteiger partial charge in [0, 0.05) is 0 Å². The standard InChI is InChI=1S/C11H10N4OS/c1-6-3-4-9(16)8(5-6)10-14-15-7(2)12-13-11(15)17-10/h3-5,16H,1-2H3. The number of hydrogen-bond donors (Lipinski definition) is 1. The molecule has 0 unspecified atom stereocenters. The molecule has 1 N–H and O–H groups in total. The summed E-state index contributed by atoms with van der Waals surface area (Å²) in [6.45, 7) is 3.83. The van der Waals surface area contributed by atoms with Crippen molar-refractivity contribution in [2.24, 2.45) is 0 Å². The lowest BCUT2D eigenvalue weighted by molar-refractivity contribution is 0.477. The second-order valence-electron chi connectivity index (χ2n) is 3.87. The van der Waals surface area contributed by atoms with E-state index in [-0.39, 0.29) is 5.75 Å². The minimum atomic E-state index is 0.234. The Morgan fingerprint density at radius 2 is 2.06 bits per heavy atom. The third-order valence-electron chi connectivity index (χ3n) is 2.53. The Balaban J connectivity index is 2.23. The average Bonchev–Trinajstić information content (AvgIpc) is 2.85. The van der Waals surface area contributed by atoms with E-state index >= 15 is 0 Å². The number of phenols is 1. The second-order valence-corrected chi connectivity index (χ2v) is 4.83. The van der Waals surface area contributed by atoms with Gasteiger partial charge in [-0.3, -0.25) is 0 Å². The third kappa shape index (κ3) is 1.57. The first-order chi connectivity index (χ1) is 8.15. The molecule has 86 valence electrons. The molecule has 0 aliphatic heterocycles. The lowest BCUT2D eigenvalue weighted by Gasteiger charge is -2.01. The smallest absolute Gasteiger partial charge is 0.234 e. The quantitative estimate of drug-likeness (QED) is 0.714. The van der Waals surface area contributed by atoms with Gasteiger partial charge in [-0.25, -0.2) is 0 Å². The van der Waals surface area contributed by atoms with Crippen LogP contribution in [0.5, 0.6) is 5.75 Å². The van der Waals surface area contributed by atoms with Gasteiger partial charge < -0.3 is 5.11 Å². The molecule has 17 heavy (non-hydrogen) atoms. The maximum absolute atomic E-state index is 9.84. The molecule has 3 aromatic rings. The summed E-state index contributed by atoms with van der Waals surface area (Å²) in [6, 6.07) is 5.46. The van der Waals surface area contributed by atoms with E-state index in [4.69, 9.17) is 0 Å². The fourth-order valence-electron chi connectivity index (χ4n) is 1.64. The van der Waals surface area contributed by atoms with Gasteiger partial charge in [0.25, 0.3) is 0 Å². The van der Waals surface area contributed by atoms with Crippen molar-refractivity contribution in [1.82, 2.24) is 19.8 Å². The summed E-state index contributed by atoms with van der Waals surface area (Å²) in [5.74, 6) is 0.979. The van der Waals surface area contributed by atoms with Crippen LogP contribution in [0.15, 0.2) is 18.2 Å². The van der Waals surface area contributed by atoms with Crippen LogP contribution in [-0.2, 0) is 0 Å². The molecule has 0 atom stereocenters. The van der Waals surface area contributed by atoms with Crippen LogP contribution < -0.4 is 0 Å². The zero-order valence-corrected chi connectivity index (χ0v) is 10.2. The van der Waals surface area contributed by atoms with Gasteiger partial charge in [0.15, 0.2) is 10.8 Å². The Labute approximate surface area is 101 Å². The molecule has 0 aliphatic carbocycles. The zero-order chi connectivity index (χ0) is 12.0. The molecule has 0 aliphatic rings. The molecule has 3 rings (SSSR count). The summed E-state index contributed by atoms with van der Waals surface area (Å²) in [5, 5.41) is 22.9. The summed E-state index contributed by atoms with van der Waals surface area (Å²) in [7, 11) is 0. The number of rotatable bonds is 1. The molecule has 0 amide bonds. The van der Waals surface area contributed by atoms with Crippen molar-refractivity contribution >= 4 is 16.3 Å². The Bertz CT molecular complexity index is 701. The van der Waals surface area contributed by atoms with Crippen molar-refractivity contribution in [1.29, 1.82) is 0 Å². The van der Waals surface area contributed by atoms with Crippen LogP contribution >= 0.6 is 11.3 Å². The summed E-state index contributed by atoms with van der Waals surface area (Å²) < 4.78 is 1.68. The third-order valence-corrected chi connectivity index (χ3v) is 3.46. The molecule has 0 saturated carbocycles. The fraction of sp³-hybridized carbons (Fsp3) is 0.182. The van der Waals surface area contributed by atoms with Gasteiger partial charge in [0.1, 0.15) is 5.75 Å². The van der Waals surface area contributed by atoms with Gasteiger partial charge in [0.05, 0.1) is 5.56 Å². The van der Waals surface area contributed by atoms with Crippen molar-refractivity contribution in [3.05, 3.63) is 29.6 Å². The van der Waals surface area contributed by atoms with Crippen molar-refractivity contribution in [3.8, 4) is 16.3 Å².